The van der Waals surface area contributed by atoms with Gasteiger partial charge >= 0.3 is 0 Å². The van der Waals surface area contributed by atoms with E-state index in [1.807, 2.05) is 0 Å². The summed E-state index contributed by atoms with van der Waals surface area (Å²) in [6, 6.07) is 64.1. The molecule has 7 aromatic rings. The first-order valence-corrected chi connectivity index (χ1v) is 18.4. The van der Waals surface area contributed by atoms with E-state index in [2.05, 4.69) is 213 Å². The van der Waals surface area contributed by atoms with Crippen molar-refractivity contribution in [3.8, 4) is 33.4 Å². The quantitative estimate of drug-likeness (QED) is 0.164. The number of allylic oxidation sites excluding steroid dienone is 4. The van der Waals surface area contributed by atoms with Crippen LogP contribution in [0.2, 0.25) is 0 Å². The summed E-state index contributed by atoms with van der Waals surface area (Å²) < 4.78 is 0. The van der Waals surface area contributed by atoms with Crippen LogP contribution >= 0.6 is 0 Å². The highest BCUT2D eigenvalue weighted by atomic mass is 15.1. The van der Waals surface area contributed by atoms with Crippen LogP contribution in [-0.2, 0) is 5.41 Å². The van der Waals surface area contributed by atoms with Gasteiger partial charge in [0.2, 0.25) is 0 Å². The molecular formula is C51H41N. The average Bonchev–Trinajstić information content (AvgIpc) is 3.44. The van der Waals surface area contributed by atoms with Gasteiger partial charge in [0.1, 0.15) is 0 Å². The highest BCUT2D eigenvalue weighted by Gasteiger charge is 2.36. The maximum atomic E-state index is 2.44. The zero-order chi connectivity index (χ0) is 35.1. The molecule has 7 aromatic carbocycles. The van der Waals surface area contributed by atoms with Gasteiger partial charge in [-0.2, -0.15) is 0 Å². The molecule has 2 aliphatic rings. The van der Waals surface area contributed by atoms with Crippen LogP contribution in [0.5, 0.6) is 0 Å². The average molecular weight is 668 g/mol. The third-order valence-corrected chi connectivity index (χ3v) is 11.0. The van der Waals surface area contributed by atoms with Crippen LogP contribution in [0.15, 0.2) is 194 Å². The zero-order valence-electron chi connectivity index (χ0n) is 29.7. The smallest absolute Gasteiger partial charge is 0.0465 e. The summed E-state index contributed by atoms with van der Waals surface area (Å²) in [6.45, 7) is 4.76. The molecule has 2 aliphatic carbocycles. The van der Waals surface area contributed by atoms with Crippen molar-refractivity contribution in [2.24, 2.45) is 0 Å². The van der Waals surface area contributed by atoms with Gasteiger partial charge in [-0.3, -0.25) is 0 Å². The van der Waals surface area contributed by atoms with Crippen LogP contribution in [0, 0.1) is 0 Å². The van der Waals surface area contributed by atoms with Crippen LogP contribution in [0.4, 0.5) is 17.1 Å². The molecule has 1 unspecified atom stereocenters. The Morgan fingerprint density at radius 1 is 0.462 bits per heavy atom. The van der Waals surface area contributed by atoms with Crippen LogP contribution < -0.4 is 4.90 Å². The van der Waals surface area contributed by atoms with E-state index in [1.165, 1.54) is 66.9 Å². The Hall–Kier alpha value is -6.18. The van der Waals surface area contributed by atoms with E-state index >= 15 is 0 Å². The Morgan fingerprint density at radius 2 is 0.942 bits per heavy atom. The summed E-state index contributed by atoms with van der Waals surface area (Å²) in [5.74, 6) is 0.393. The summed E-state index contributed by atoms with van der Waals surface area (Å²) in [5.41, 5.74) is 17.7. The lowest BCUT2D eigenvalue weighted by Gasteiger charge is -2.28. The molecule has 1 nitrogen and oxygen atoms in total. The molecule has 1 atom stereocenters. The minimum atomic E-state index is -0.141. The number of fused-ring (bicyclic) bond motifs is 3. The molecule has 0 N–H and O–H groups in total. The van der Waals surface area contributed by atoms with Gasteiger partial charge in [0.25, 0.3) is 0 Å². The summed E-state index contributed by atoms with van der Waals surface area (Å²) in [4.78, 5) is 2.38. The van der Waals surface area contributed by atoms with Crippen molar-refractivity contribution in [2.75, 3.05) is 4.90 Å². The van der Waals surface area contributed by atoms with Crippen molar-refractivity contribution < 1.29 is 0 Å². The molecular weight excluding hydrogens is 627 g/mol. The van der Waals surface area contributed by atoms with Crippen molar-refractivity contribution in [2.45, 2.75) is 31.6 Å². The maximum Gasteiger partial charge on any atom is 0.0465 e. The van der Waals surface area contributed by atoms with Crippen molar-refractivity contribution in [1.82, 2.24) is 0 Å². The molecule has 0 aromatic heterocycles. The molecule has 0 saturated heterocycles. The van der Waals surface area contributed by atoms with Crippen molar-refractivity contribution in [1.29, 1.82) is 0 Å². The first kappa shape index (κ1) is 31.8. The summed E-state index contributed by atoms with van der Waals surface area (Å²) in [7, 11) is 0. The van der Waals surface area contributed by atoms with Crippen molar-refractivity contribution >= 4 is 22.6 Å². The van der Waals surface area contributed by atoms with Crippen LogP contribution in [0.1, 0.15) is 48.4 Å². The Bertz CT molecular complexity index is 2420. The third-order valence-electron chi connectivity index (χ3n) is 11.0. The van der Waals surface area contributed by atoms with Crippen LogP contribution in [0.25, 0.3) is 39.0 Å². The Balaban J connectivity index is 0.990. The third kappa shape index (κ3) is 5.79. The molecule has 0 bridgehead atoms. The lowest BCUT2D eigenvalue weighted by atomic mass is 9.80. The Labute approximate surface area is 307 Å². The summed E-state index contributed by atoms with van der Waals surface area (Å²) >= 11 is 0. The largest absolute Gasteiger partial charge is 0.310 e. The van der Waals surface area contributed by atoms with E-state index in [1.54, 1.807) is 0 Å². The molecule has 0 heterocycles. The van der Waals surface area contributed by atoms with Crippen molar-refractivity contribution in [3.63, 3.8) is 0 Å². The highest BCUT2D eigenvalue weighted by Crippen LogP contribution is 2.51. The number of anilines is 3. The SMILES string of the molecule is CC1(C)c2cc(C3=CCC(c4ccc(-c5ccccc5)cc4)C=C3)ccc2-c2ccc(N(c3ccccc3)c3ccc(-c4ccccc4)cc3)cc21. The molecule has 9 rings (SSSR count). The van der Waals surface area contributed by atoms with E-state index in [9.17, 15) is 0 Å². The molecule has 0 saturated carbocycles. The van der Waals surface area contributed by atoms with E-state index < -0.39 is 0 Å². The van der Waals surface area contributed by atoms with Crippen LogP contribution in [0.3, 0.4) is 0 Å². The molecule has 0 fully saturated rings. The Morgan fingerprint density at radius 3 is 1.54 bits per heavy atom. The van der Waals surface area contributed by atoms with E-state index in [0.29, 0.717) is 5.92 Å². The van der Waals surface area contributed by atoms with Gasteiger partial charge < -0.3 is 4.90 Å². The standard InChI is InChI=1S/C51H41N/c1-51(2)49-34-43(42-24-22-40(23-25-42)39-20-18-38(19-21-39)36-12-6-3-7-13-36)28-32-47(49)48-33-31-46(35-50(48)51)52(44-16-10-5-11-17-44)45-29-26-41(27-30-45)37-14-8-4-9-15-37/h3-22,24-35,40H,23H2,1-2H3. The van der Waals surface area contributed by atoms with Gasteiger partial charge in [-0.1, -0.05) is 166 Å². The molecule has 0 amide bonds. The molecule has 1 heteroatoms. The Kier molecular flexibility index (Phi) is 8.05. The first-order valence-electron chi connectivity index (χ1n) is 18.4. The van der Waals surface area contributed by atoms with E-state index in [-0.39, 0.29) is 5.41 Å². The summed E-state index contributed by atoms with van der Waals surface area (Å²) in [5, 5.41) is 0. The predicted octanol–water partition coefficient (Wildman–Crippen LogP) is 13.9. The van der Waals surface area contributed by atoms with Gasteiger partial charge in [0.05, 0.1) is 0 Å². The zero-order valence-corrected chi connectivity index (χ0v) is 29.7. The lowest BCUT2D eigenvalue weighted by Crippen LogP contribution is -2.17. The minimum Gasteiger partial charge on any atom is -0.310 e. The first-order chi connectivity index (χ1) is 25.5. The number of para-hydroxylation sites is 1. The van der Waals surface area contributed by atoms with Gasteiger partial charge in [-0.15, -0.1) is 0 Å². The molecule has 0 aliphatic heterocycles. The number of benzene rings is 7. The van der Waals surface area contributed by atoms with Gasteiger partial charge in [-0.05, 0) is 110 Å². The monoisotopic (exact) mass is 667 g/mol. The van der Waals surface area contributed by atoms with Gasteiger partial charge in [-0.25, -0.2) is 0 Å². The summed E-state index contributed by atoms with van der Waals surface area (Å²) in [6.07, 6.45) is 8.14. The van der Waals surface area contributed by atoms with E-state index in [0.717, 1.165) is 17.8 Å². The fourth-order valence-electron chi connectivity index (χ4n) is 8.14. The maximum absolute atomic E-state index is 2.44. The second-order valence-corrected chi connectivity index (χ2v) is 14.5. The number of hydrogen-bond acceptors (Lipinski definition) is 1. The highest BCUT2D eigenvalue weighted by molar-refractivity contribution is 5.88. The predicted molar refractivity (Wildman–Crippen MR) is 220 cm³/mol. The fraction of sp³-hybridized carbons (Fsp3) is 0.0980. The second-order valence-electron chi connectivity index (χ2n) is 14.5. The molecule has 52 heavy (non-hydrogen) atoms. The second kappa shape index (κ2) is 13.2. The van der Waals surface area contributed by atoms with Gasteiger partial charge in [0, 0.05) is 28.4 Å². The topological polar surface area (TPSA) is 3.24 Å². The molecule has 250 valence electrons. The lowest BCUT2D eigenvalue weighted by molar-refractivity contribution is 0.660. The van der Waals surface area contributed by atoms with E-state index in [4.69, 9.17) is 0 Å². The van der Waals surface area contributed by atoms with Gasteiger partial charge in [0.15, 0.2) is 0 Å². The molecule has 0 radical (unpaired) electrons. The molecule has 0 spiro atoms. The number of rotatable bonds is 7. The number of hydrogen-bond donors (Lipinski definition) is 0. The number of nitrogens with zero attached hydrogens (tertiary/aromatic N) is 1. The normalized spacial score (nSPS) is 15.4. The van der Waals surface area contributed by atoms with Crippen molar-refractivity contribution in [3.05, 3.63) is 216 Å². The fourth-order valence-corrected chi connectivity index (χ4v) is 8.14. The minimum absolute atomic E-state index is 0.141. The van der Waals surface area contributed by atoms with Crippen LogP contribution in [-0.4, -0.2) is 0 Å².